The van der Waals surface area contributed by atoms with E-state index in [4.69, 9.17) is 0 Å². The molecule has 79 heavy (non-hydrogen) atoms. The second-order valence-electron chi connectivity index (χ2n) is 14.3. The molecule has 11 rings (SSSR count). The Labute approximate surface area is 489 Å². The molecular weight excluding hydrogens is 1010 g/mol. The smallest absolute Gasteiger partial charge is 0.133 e. The molecule has 0 bridgehead atoms. The van der Waals surface area contributed by atoms with Crippen molar-refractivity contribution in [2.75, 3.05) is 0 Å². The molecule has 3 aromatic carbocycles. The van der Waals surface area contributed by atoms with Crippen LogP contribution in [0.1, 0.15) is 163 Å². The highest BCUT2D eigenvalue weighted by Crippen LogP contribution is 2.15. The number of rotatable bonds is 0. The van der Waals surface area contributed by atoms with Gasteiger partial charge in [-0.05, 0) is 136 Å². The van der Waals surface area contributed by atoms with E-state index in [1.165, 1.54) is 43.3 Å². The van der Waals surface area contributed by atoms with Crippen LogP contribution in [0, 0.1) is 48.5 Å². The number of benzene rings is 3. The number of nitrogens with zero attached hydrogens (tertiary/aromatic N) is 6. The fraction of sp³-hybridized carbons (Fsp3) is 0.362. The highest BCUT2D eigenvalue weighted by molar-refractivity contribution is 7.09. The van der Waals surface area contributed by atoms with Gasteiger partial charge in [0.05, 0.1) is 28.9 Å². The second kappa shape index (κ2) is 60.4. The average Bonchev–Trinajstić information content (AvgIpc) is 4.43. The average molecular weight is 1110 g/mol. The number of aryl methyl sites for hydroxylation is 7. The molecule has 10 heteroatoms. The van der Waals surface area contributed by atoms with Crippen LogP contribution in [-0.4, -0.2) is 31.5 Å². The highest BCUT2D eigenvalue weighted by Gasteiger charge is 1.95. The van der Waals surface area contributed by atoms with Crippen LogP contribution in [0.3, 0.4) is 0 Å². The van der Waals surface area contributed by atoms with E-state index < -0.39 is 0 Å². The quantitative estimate of drug-likeness (QED) is 0.149. The summed E-state index contributed by atoms with van der Waals surface area (Å²) in [5, 5.41) is 16.8. The van der Waals surface area contributed by atoms with Crippen molar-refractivity contribution in [1.82, 2.24) is 25.3 Å². The summed E-state index contributed by atoms with van der Waals surface area (Å²) in [5.41, 5.74) is 10.5. The Bertz CT molecular complexity index is 2580. The molecule has 434 valence electrons. The standard InChI is InChI=1S/3C10H9N.C5H7N.2C5H6S.2C4H5NO.8C2H6/c1-8-4-2-5-9-6-3-7-11-10(8)9;1-8-4-5-9-3-2-6-11-10(9)7-8;1-8-6-9-4-2-3-5-10(9)11-7-8;1-5-3-2-4-6-5;1-5-2-3-6-4-5;1-5-3-2-4-6-5;1-4-2-5-6-3-4;1-4-2-3-5-6-4;8*1-2/h3*2-7H,1H3;3-4H,2H2,1H3;2*2-4H,1H3;2*2-3H,1H3;8*1-2H3. The van der Waals surface area contributed by atoms with E-state index in [1.807, 2.05) is 187 Å². The summed E-state index contributed by atoms with van der Waals surface area (Å²) in [7, 11) is 0. The first-order valence-corrected chi connectivity index (χ1v) is 30.2. The van der Waals surface area contributed by atoms with Gasteiger partial charge in [-0.1, -0.05) is 194 Å². The first-order valence-electron chi connectivity index (χ1n) is 28.4. The van der Waals surface area contributed by atoms with Crippen LogP contribution in [0.15, 0.2) is 194 Å². The number of para-hydroxylation sites is 2. The Kier molecular flexibility index (Phi) is 61.9. The predicted molar refractivity (Wildman–Crippen MR) is 358 cm³/mol. The number of pyridine rings is 3. The number of aromatic nitrogens is 5. The molecule has 0 spiro atoms. The Morgan fingerprint density at radius 3 is 1.48 bits per heavy atom. The SMILES string of the molecule is CC.CC.CC.CC.CC.CC.CC.CC.CC1=CCC=N1.Cc1ccc2cccnc2c1.Cc1cccc2cccnc12.Cc1cccs1.Cc1ccno1.Cc1ccsc1.Cc1cnc2ccccc2c1.Cc1cnoc1. The number of hydrogen-bond acceptors (Lipinski definition) is 10. The molecule has 0 radical (unpaired) electrons. The van der Waals surface area contributed by atoms with Crippen LogP contribution < -0.4 is 0 Å². The summed E-state index contributed by atoms with van der Waals surface area (Å²) < 4.78 is 9.05. The third kappa shape index (κ3) is 42.8. The Balaban J connectivity index is -0.000000258. The Morgan fingerprint density at radius 2 is 1.06 bits per heavy atom. The minimum atomic E-state index is 0.856. The molecule has 8 nitrogen and oxygen atoms in total. The van der Waals surface area contributed by atoms with Crippen molar-refractivity contribution in [3.05, 3.63) is 219 Å². The maximum atomic E-state index is 4.58. The monoisotopic (exact) mass is 1110 g/mol. The molecule has 1 aliphatic rings. The van der Waals surface area contributed by atoms with Gasteiger partial charge in [0.25, 0.3) is 0 Å². The Hall–Kier alpha value is -6.88. The van der Waals surface area contributed by atoms with Crippen LogP contribution in [0.4, 0.5) is 0 Å². The molecule has 0 fully saturated rings. The Morgan fingerprint density at radius 1 is 0.443 bits per heavy atom. The van der Waals surface area contributed by atoms with E-state index in [0.29, 0.717) is 0 Å². The van der Waals surface area contributed by atoms with Gasteiger partial charge >= 0.3 is 0 Å². The molecule has 0 unspecified atom stereocenters. The number of thiophene rings is 2. The summed E-state index contributed by atoms with van der Waals surface area (Å²) in [4.78, 5) is 18.2. The van der Waals surface area contributed by atoms with Gasteiger partial charge in [0.2, 0.25) is 0 Å². The van der Waals surface area contributed by atoms with Gasteiger partial charge in [-0.25, -0.2) is 0 Å². The predicted octanol–water partition coefficient (Wildman–Crippen LogP) is 23.3. The summed E-state index contributed by atoms with van der Waals surface area (Å²) in [6.07, 6.45) is 15.5. The molecular formula is C69H104N6O2S2. The molecule has 0 amide bonds. The third-order valence-corrected chi connectivity index (χ3v) is 10.2. The first kappa shape index (κ1) is 81.0. The summed E-state index contributed by atoms with van der Waals surface area (Å²) in [5.74, 6) is 0.856. The van der Waals surface area contributed by atoms with Crippen molar-refractivity contribution in [2.24, 2.45) is 4.99 Å². The van der Waals surface area contributed by atoms with Crippen LogP contribution in [-0.2, 0) is 0 Å². The normalized spacial score (nSPS) is 8.99. The molecule has 10 aromatic rings. The van der Waals surface area contributed by atoms with Gasteiger partial charge in [0.15, 0.2) is 0 Å². The summed E-state index contributed by atoms with van der Waals surface area (Å²) in [6.45, 7) is 48.2. The van der Waals surface area contributed by atoms with Crippen molar-refractivity contribution in [3.8, 4) is 0 Å². The van der Waals surface area contributed by atoms with E-state index in [0.717, 1.165) is 40.0 Å². The number of hydrogen-bond donors (Lipinski definition) is 0. The lowest BCUT2D eigenvalue weighted by Crippen LogP contribution is -1.80. The van der Waals surface area contributed by atoms with Gasteiger partial charge in [-0.3, -0.25) is 19.9 Å². The molecule has 0 atom stereocenters. The van der Waals surface area contributed by atoms with Crippen molar-refractivity contribution < 1.29 is 9.05 Å². The molecule has 0 aliphatic carbocycles. The number of allylic oxidation sites excluding steroid dienone is 2. The summed E-state index contributed by atoms with van der Waals surface area (Å²) in [6, 6.07) is 38.9. The van der Waals surface area contributed by atoms with E-state index in [2.05, 4.69) is 175 Å². The van der Waals surface area contributed by atoms with Crippen molar-refractivity contribution >= 4 is 61.6 Å². The zero-order valence-electron chi connectivity index (χ0n) is 53.3. The van der Waals surface area contributed by atoms with Gasteiger partial charge in [-0.15, -0.1) is 11.3 Å². The maximum absolute atomic E-state index is 4.58. The second-order valence-corrected chi connectivity index (χ2v) is 16.2. The molecule has 0 saturated heterocycles. The number of fused-ring (bicyclic) bond motifs is 3. The molecule has 0 N–H and O–H groups in total. The van der Waals surface area contributed by atoms with Gasteiger partial charge in [0, 0.05) is 69.6 Å². The molecule has 1 aliphatic heterocycles. The van der Waals surface area contributed by atoms with Crippen molar-refractivity contribution in [3.63, 3.8) is 0 Å². The van der Waals surface area contributed by atoms with Gasteiger partial charge in [-0.2, -0.15) is 11.3 Å². The van der Waals surface area contributed by atoms with E-state index in [-0.39, 0.29) is 0 Å². The zero-order chi connectivity index (χ0) is 61.1. The van der Waals surface area contributed by atoms with Crippen molar-refractivity contribution in [1.29, 1.82) is 0 Å². The molecule has 8 heterocycles. The number of aliphatic imine (C=N–C) groups is 1. The van der Waals surface area contributed by atoms with Crippen LogP contribution in [0.5, 0.6) is 0 Å². The lowest BCUT2D eigenvalue weighted by molar-refractivity contribution is 0.397. The first-order chi connectivity index (χ1) is 38.6. The van der Waals surface area contributed by atoms with E-state index in [9.17, 15) is 0 Å². The zero-order valence-corrected chi connectivity index (χ0v) is 55.0. The molecule has 7 aromatic heterocycles. The molecule has 0 saturated carbocycles. The van der Waals surface area contributed by atoms with Gasteiger partial charge in [0.1, 0.15) is 12.0 Å². The largest absolute Gasteiger partial charge is 0.365 e. The topological polar surface area (TPSA) is 103 Å². The lowest BCUT2D eigenvalue weighted by atomic mass is 10.1. The fourth-order valence-corrected chi connectivity index (χ4v) is 6.51. The van der Waals surface area contributed by atoms with Gasteiger partial charge < -0.3 is 9.05 Å². The van der Waals surface area contributed by atoms with Crippen molar-refractivity contribution in [2.45, 2.75) is 173 Å². The fourth-order valence-electron chi connectivity index (χ4n) is 5.32. The van der Waals surface area contributed by atoms with E-state index in [1.54, 1.807) is 47.4 Å². The minimum Gasteiger partial charge on any atom is -0.365 e. The maximum Gasteiger partial charge on any atom is 0.133 e. The van der Waals surface area contributed by atoms with Crippen LogP contribution in [0.25, 0.3) is 32.7 Å². The minimum absolute atomic E-state index is 0.856. The van der Waals surface area contributed by atoms with E-state index >= 15 is 0 Å². The lowest BCUT2D eigenvalue weighted by Gasteiger charge is -1.97. The van der Waals surface area contributed by atoms with Crippen LogP contribution in [0.2, 0.25) is 0 Å². The third-order valence-electron chi connectivity index (χ3n) is 8.59. The summed E-state index contributed by atoms with van der Waals surface area (Å²) >= 11 is 3.52. The highest BCUT2D eigenvalue weighted by atomic mass is 32.1. The van der Waals surface area contributed by atoms with Crippen LogP contribution >= 0.6 is 22.7 Å².